The molecule has 2 aliphatic heterocycles. The van der Waals surface area contributed by atoms with Gasteiger partial charge in [-0.1, -0.05) is 58.0 Å². The molecule has 20 nitrogen and oxygen atoms in total. The lowest BCUT2D eigenvalue weighted by Gasteiger charge is -2.29. The van der Waals surface area contributed by atoms with Crippen LogP contribution in [0.15, 0.2) is 93.6 Å². The van der Waals surface area contributed by atoms with E-state index in [9.17, 15) is 45.9 Å². The number of hydrogen-bond acceptors (Lipinski definition) is 14. The number of Topliss-reactive ketones (excluding diaryl/α,β-unsaturated/α-hetero) is 1. The Hall–Kier alpha value is -5.75. The van der Waals surface area contributed by atoms with E-state index in [0.717, 1.165) is 9.69 Å². The maximum absolute atomic E-state index is 13.3. The molecule has 0 bridgehead atoms. The summed E-state index contributed by atoms with van der Waals surface area (Å²) in [5.41, 5.74) is -0.148. The number of benzene rings is 1. The molecule has 7 atom stereocenters. The molecule has 4 amide bonds. The Morgan fingerprint density at radius 1 is 0.753 bits per heavy atom. The van der Waals surface area contributed by atoms with Gasteiger partial charge in [0, 0.05) is 44.8 Å². The molecule has 2 fully saturated rings. The number of amides is 4. The molecule has 6 rings (SSSR count). The molecule has 0 saturated carbocycles. The maximum atomic E-state index is 13.3. The highest BCUT2D eigenvalue weighted by atomic mass is 32.2. The van der Waals surface area contributed by atoms with Crippen molar-refractivity contribution in [1.29, 1.82) is 0 Å². The fraction of sp³-hybridized carbons (Fsp3) is 0.540. The Bertz CT molecular complexity index is 2690. The van der Waals surface area contributed by atoms with Gasteiger partial charge in [-0.15, -0.1) is 0 Å². The van der Waals surface area contributed by atoms with Crippen LogP contribution in [0.1, 0.15) is 111 Å². The van der Waals surface area contributed by atoms with E-state index in [2.05, 4.69) is 31.2 Å². The molecule has 397 valence electrons. The van der Waals surface area contributed by atoms with E-state index in [0.29, 0.717) is 37.7 Å². The second-order valence-electron chi connectivity index (χ2n) is 20.2. The van der Waals surface area contributed by atoms with E-state index >= 15 is 0 Å². The van der Waals surface area contributed by atoms with Gasteiger partial charge in [0.25, 0.3) is 26.0 Å². The minimum atomic E-state index is -3.99. The van der Waals surface area contributed by atoms with Crippen LogP contribution in [0.4, 0.5) is 4.79 Å². The monoisotopic (exact) mass is 1050 g/mol. The second kappa shape index (κ2) is 26.0. The van der Waals surface area contributed by atoms with Crippen LogP contribution in [0.25, 0.3) is 11.0 Å². The number of ketones is 1. The summed E-state index contributed by atoms with van der Waals surface area (Å²) in [6, 6.07) is 13.9. The van der Waals surface area contributed by atoms with E-state index in [1.165, 1.54) is 28.8 Å². The Kier molecular flexibility index (Phi) is 21.3. The zero-order valence-electron chi connectivity index (χ0n) is 43.0. The van der Waals surface area contributed by atoms with Gasteiger partial charge < -0.3 is 35.5 Å². The van der Waals surface area contributed by atoms with Crippen LogP contribution < -0.4 is 21.3 Å². The summed E-state index contributed by atoms with van der Waals surface area (Å²) in [6.45, 7) is 15.8. The zero-order chi connectivity index (χ0) is 53.1. The quantitative estimate of drug-likeness (QED) is 0.102. The number of carbonyl (C=O) groups is 5. The molecular weight excluding hydrogens is 980 g/mol. The van der Waals surface area contributed by atoms with Crippen molar-refractivity contribution in [2.24, 2.45) is 11.8 Å². The van der Waals surface area contributed by atoms with Crippen LogP contribution in [0.5, 0.6) is 0 Å². The van der Waals surface area contributed by atoms with E-state index in [1.807, 2.05) is 39.8 Å². The highest BCUT2D eigenvalue weighted by molar-refractivity contribution is 7.89. The highest BCUT2D eigenvalue weighted by Crippen LogP contribution is 2.26. The summed E-state index contributed by atoms with van der Waals surface area (Å²) in [7, 11) is -7.90. The van der Waals surface area contributed by atoms with Gasteiger partial charge in [0.2, 0.25) is 11.8 Å². The standard InChI is InChI=1S/C27H32N4O6S.C23H38N4O6S.B/c1-17(2)14-21(30-27(34)24-15-19-8-4-5-9-23(19)37-24)26(33)29-20-12-11-18(3)31(16-22(20)32)38(35,36)25-10-6-7-13-28-25;1-15(2)13-18(26-22(30)33-23(4,5)6)21(29)25-17-11-10-16(3)27(14-19(17)28)34(31,32)20-9-7-8-12-24-20;/h4-10,13,15,17-18,20-21H,11-12,14,16H2,1-3H3,(H,29,33)(H,30,34);7-9,12,15-19,28H,10-11,13-14H2,1-6H3,(H,25,29)(H,26,30);/t18-,20+,21+;16-,17-,18+,19-;/m11./s1. The summed E-state index contributed by atoms with van der Waals surface area (Å²) < 4.78 is 65.7. The van der Waals surface area contributed by atoms with Gasteiger partial charge in [-0.25, -0.2) is 31.6 Å². The third-order valence-corrected chi connectivity index (χ3v) is 15.8. The first-order chi connectivity index (χ1) is 33.8. The van der Waals surface area contributed by atoms with Gasteiger partial charge in [-0.2, -0.15) is 8.61 Å². The first-order valence-corrected chi connectivity index (χ1v) is 27.1. The lowest BCUT2D eigenvalue weighted by atomic mass is 10.0. The topological polar surface area (TPSA) is 277 Å². The Balaban J connectivity index is 0.000000314. The van der Waals surface area contributed by atoms with E-state index in [-0.39, 0.29) is 55.6 Å². The molecule has 5 N–H and O–H groups in total. The molecule has 5 heterocycles. The van der Waals surface area contributed by atoms with Crippen molar-refractivity contribution in [3.8, 4) is 0 Å². The maximum Gasteiger partial charge on any atom is 0.408 e. The summed E-state index contributed by atoms with van der Waals surface area (Å²) in [5, 5.41) is 22.3. The van der Waals surface area contributed by atoms with Gasteiger partial charge in [0.05, 0.1) is 24.7 Å². The van der Waals surface area contributed by atoms with Crippen LogP contribution in [0.2, 0.25) is 0 Å². The number of hydrogen-bond donors (Lipinski definition) is 5. The number of ether oxygens (including phenoxy) is 1. The fourth-order valence-electron chi connectivity index (χ4n) is 8.33. The van der Waals surface area contributed by atoms with Gasteiger partial charge in [0.1, 0.15) is 23.3 Å². The normalized spacial score (nSPS) is 21.0. The third-order valence-electron chi connectivity index (χ3n) is 12.0. The van der Waals surface area contributed by atoms with Crippen molar-refractivity contribution in [3.05, 3.63) is 84.9 Å². The molecular formula is C50H70BN8O12S2. The minimum absolute atomic E-state index is 0. The zero-order valence-corrected chi connectivity index (χ0v) is 44.6. The van der Waals surface area contributed by atoms with Gasteiger partial charge >= 0.3 is 6.09 Å². The number of aromatic nitrogens is 2. The van der Waals surface area contributed by atoms with Crippen LogP contribution in [-0.2, 0) is 39.2 Å². The number of fused-ring (bicyclic) bond motifs is 1. The summed E-state index contributed by atoms with van der Waals surface area (Å²) in [6.07, 6.45) is 3.13. The molecule has 0 spiro atoms. The number of pyridine rings is 2. The molecule has 73 heavy (non-hydrogen) atoms. The second-order valence-corrected chi connectivity index (χ2v) is 23.8. The summed E-state index contributed by atoms with van der Waals surface area (Å²) in [5.74, 6) is -1.63. The third kappa shape index (κ3) is 16.6. The number of aliphatic hydroxyl groups excluding tert-OH is 1. The molecule has 1 aromatic carbocycles. The SMILES string of the molecule is CC(C)C[C@H](NC(=O)OC(C)(C)C)C(=O)N[C@@H]1CC[C@@H](C)N(S(=O)(=O)c2ccccn2)C[C@H]1O.CC(C)C[C@H](NC(=O)c1cc2ccccc2o1)C(=O)N[C@H]1CC[C@@H](C)N(S(=O)(=O)c2ccccn2)CC1=O.[B]. The first kappa shape index (κ1) is 59.8. The first-order valence-electron chi connectivity index (χ1n) is 24.2. The molecule has 2 aliphatic rings. The molecule has 4 aromatic rings. The lowest BCUT2D eigenvalue weighted by molar-refractivity contribution is -0.129. The number of nitrogens with one attached hydrogen (secondary N) is 4. The largest absolute Gasteiger partial charge is 0.451 e. The van der Waals surface area contributed by atoms with Crippen molar-refractivity contribution in [2.75, 3.05) is 13.1 Å². The lowest BCUT2D eigenvalue weighted by Crippen LogP contribution is -2.54. The van der Waals surface area contributed by atoms with Crippen LogP contribution >= 0.6 is 0 Å². The minimum Gasteiger partial charge on any atom is -0.451 e. The average Bonchev–Trinajstić information content (AvgIpc) is 3.63. The number of carbonyl (C=O) groups excluding carboxylic acids is 5. The number of nitrogens with zero attached hydrogens (tertiary/aromatic N) is 4. The number of rotatable bonds is 15. The molecule has 0 aliphatic carbocycles. The van der Waals surface area contributed by atoms with Crippen LogP contribution in [-0.4, -0.2) is 140 Å². The Morgan fingerprint density at radius 3 is 1.82 bits per heavy atom. The molecule has 3 aromatic heterocycles. The van der Waals surface area contributed by atoms with Gasteiger partial charge in [0.15, 0.2) is 21.6 Å². The van der Waals surface area contributed by atoms with Crippen molar-refractivity contribution in [2.45, 2.75) is 159 Å². The van der Waals surface area contributed by atoms with Crippen molar-refractivity contribution in [1.82, 2.24) is 39.8 Å². The predicted molar refractivity (Wildman–Crippen MR) is 274 cm³/mol. The van der Waals surface area contributed by atoms with Gasteiger partial charge in [-0.3, -0.25) is 19.2 Å². The number of sulfonamides is 2. The Labute approximate surface area is 430 Å². The number of furan rings is 1. The summed E-state index contributed by atoms with van der Waals surface area (Å²) >= 11 is 0. The molecule has 0 unspecified atom stereocenters. The van der Waals surface area contributed by atoms with Crippen molar-refractivity contribution < 1.29 is 55.1 Å². The van der Waals surface area contributed by atoms with E-state index in [4.69, 9.17) is 9.15 Å². The summed E-state index contributed by atoms with van der Waals surface area (Å²) in [4.78, 5) is 72.5. The van der Waals surface area contributed by atoms with Crippen LogP contribution in [0.3, 0.4) is 0 Å². The molecule has 2 saturated heterocycles. The smallest absolute Gasteiger partial charge is 0.408 e. The van der Waals surface area contributed by atoms with Gasteiger partial charge in [-0.05, 0) is 121 Å². The number of alkyl carbamates (subject to hydrolysis) is 1. The number of β-amino-alcohol motifs (C(OH)–C–C–N with tert-alkyl or cyclic N) is 1. The Morgan fingerprint density at radius 2 is 1.27 bits per heavy atom. The van der Waals surface area contributed by atoms with Crippen molar-refractivity contribution in [3.63, 3.8) is 0 Å². The van der Waals surface area contributed by atoms with Crippen molar-refractivity contribution >= 4 is 69.0 Å². The average molecular weight is 1050 g/mol. The number of para-hydroxylation sites is 1. The fourth-order valence-corrected chi connectivity index (χ4v) is 11.5. The van der Waals surface area contributed by atoms with E-state index in [1.54, 1.807) is 77.1 Å². The molecule has 23 heteroatoms. The highest BCUT2D eigenvalue weighted by Gasteiger charge is 2.40. The van der Waals surface area contributed by atoms with E-state index < -0.39 is 97.6 Å². The van der Waals surface area contributed by atoms with Crippen LogP contribution in [0, 0.1) is 11.8 Å². The predicted octanol–water partition coefficient (Wildman–Crippen LogP) is 4.56. The molecule has 3 radical (unpaired) electrons. The number of aliphatic hydroxyl groups is 1.